The van der Waals surface area contributed by atoms with Crippen LogP contribution in [-0.4, -0.2) is 37.2 Å². The summed E-state index contributed by atoms with van der Waals surface area (Å²) in [5.41, 5.74) is 0.221. The largest absolute Gasteiger partial charge is 0.376 e. The monoisotopic (exact) mass is 298 g/mol. The van der Waals surface area contributed by atoms with Crippen molar-refractivity contribution in [2.75, 3.05) is 16.8 Å². The summed E-state index contributed by atoms with van der Waals surface area (Å²) in [6.07, 6.45) is 1.72. The molecule has 2 rings (SSSR count). The number of hydrogen-bond acceptors (Lipinski definition) is 6. The zero-order valence-corrected chi connectivity index (χ0v) is 11.4. The molecule has 0 aromatic heterocycles. The van der Waals surface area contributed by atoms with Crippen LogP contribution < -0.4 is 5.32 Å². The molecule has 0 spiro atoms. The van der Waals surface area contributed by atoms with E-state index < -0.39 is 14.8 Å². The summed E-state index contributed by atoms with van der Waals surface area (Å²) in [6.45, 7) is 0. The molecule has 1 atom stereocenters. The van der Waals surface area contributed by atoms with Gasteiger partial charge in [-0.3, -0.25) is 14.9 Å². The quantitative estimate of drug-likeness (QED) is 0.511. The number of benzene rings is 1. The Morgan fingerprint density at radius 2 is 2.15 bits per heavy atom. The van der Waals surface area contributed by atoms with Crippen LogP contribution in [-0.2, 0) is 9.84 Å². The highest BCUT2D eigenvalue weighted by Crippen LogP contribution is 2.27. The summed E-state index contributed by atoms with van der Waals surface area (Å²) in [7, 11) is -3.09. The second kappa shape index (κ2) is 5.58. The van der Waals surface area contributed by atoms with Crippen molar-refractivity contribution < 1.29 is 18.1 Å². The Morgan fingerprint density at radius 1 is 1.40 bits per heavy atom. The minimum absolute atomic E-state index is 0.0282. The van der Waals surface area contributed by atoms with E-state index in [9.17, 15) is 23.3 Å². The van der Waals surface area contributed by atoms with Gasteiger partial charge >= 0.3 is 0 Å². The maximum absolute atomic E-state index is 11.6. The van der Waals surface area contributed by atoms with E-state index in [1.807, 2.05) is 0 Å². The molecule has 1 heterocycles. The fourth-order valence-electron chi connectivity index (χ4n) is 2.25. The Bertz CT molecular complexity index is 641. The van der Waals surface area contributed by atoms with Crippen LogP contribution >= 0.6 is 0 Å². The van der Waals surface area contributed by atoms with Gasteiger partial charge in [0.2, 0.25) is 0 Å². The average Bonchev–Trinajstić information content (AvgIpc) is 2.37. The fraction of sp³-hybridized carbons (Fsp3) is 0.417. The van der Waals surface area contributed by atoms with Gasteiger partial charge < -0.3 is 5.32 Å². The normalized spacial score (nSPS) is 21.1. The highest BCUT2D eigenvalue weighted by molar-refractivity contribution is 7.91. The summed E-state index contributed by atoms with van der Waals surface area (Å²) in [4.78, 5) is 21.0. The van der Waals surface area contributed by atoms with Crippen LogP contribution in [0.25, 0.3) is 0 Å². The Labute approximate surface area is 116 Å². The van der Waals surface area contributed by atoms with E-state index in [0.29, 0.717) is 19.1 Å². The number of anilines is 1. The number of nitro benzene ring substituents is 1. The van der Waals surface area contributed by atoms with E-state index in [0.717, 1.165) is 0 Å². The number of nitrogens with one attached hydrogen (secondary N) is 1. The zero-order valence-electron chi connectivity index (χ0n) is 10.6. The van der Waals surface area contributed by atoms with Gasteiger partial charge in [0, 0.05) is 17.7 Å². The first-order chi connectivity index (χ1) is 9.41. The van der Waals surface area contributed by atoms with Crippen LogP contribution in [0.3, 0.4) is 0 Å². The van der Waals surface area contributed by atoms with Crippen LogP contribution in [0.5, 0.6) is 0 Å². The molecule has 1 fully saturated rings. The zero-order chi connectivity index (χ0) is 14.8. The Morgan fingerprint density at radius 3 is 2.75 bits per heavy atom. The van der Waals surface area contributed by atoms with Crippen molar-refractivity contribution in [2.45, 2.75) is 18.9 Å². The molecule has 108 valence electrons. The molecule has 1 aromatic rings. The smallest absolute Gasteiger partial charge is 0.293 e. The third-order valence-corrected chi connectivity index (χ3v) is 5.00. The number of sulfone groups is 1. The van der Waals surface area contributed by atoms with E-state index in [2.05, 4.69) is 5.32 Å². The predicted molar refractivity (Wildman–Crippen MR) is 73.8 cm³/mol. The van der Waals surface area contributed by atoms with Gasteiger partial charge in [0.15, 0.2) is 9.84 Å². The van der Waals surface area contributed by atoms with Crippen molar-refractivity contribution in [3.05, 3.63) is 33.9 Å². The molecule has 1 aliphatic rings. The Hall–Kier alpha value is -1.96. The van der Waals surface area contributed by atoms with Gasteiger partial charge in [-0.2, -0.15) is 0 Å². The van der Waals surface area contributed by atoms with Gasteiger partial charge in [-0.15, -0.1) is 0 Å². The number of nitrogens with zero attached hydrogens (tertiary/aromatic N) is 1. The summed E-state index contributed by atoms with van der Waals surface area (Å²) in [6, 6.07) is 3.73. The first-order valence-corrected chi connectivity index (χ1v) is 7.94. The van der Waals surface area contributed by atoms with Gasteiger partial charge in [-0.1, -0.05) is 0 Å². The highest BCUT2D eigenvalue weighted by Gasteiger charge is 2.26. The lowest BCUT2D eigenvalue weighted by Gasteiger charge is -2.23. The Kier molecular flexibility index (Phi) is 4.03. The van der Waals surface area contributed by atoms with Crippen molar-refractivity contribution in [1.29, 1.82) is 0 Å². The second-order valence-electron chi connectivity index (χ2n) is 4.75. The fourth-order valence-corrected chi connectivity index (χ4v) is 3.89. The molecule has 0 saturated carbocycles. The van der Waals surface area contributed by atoms with Crippen molar-refractivity contribution in [2.24, 2.45) is 0 Å². The van der Waals surface area contributed by atoms with E-state index in [1.165, 1.54) is 18.2 Å². The van der Waals surface area contributed by atoms with Gasteiger partial charge in [0.1, 0.15) is 12.0 Å². The standard InChI is InChI=1S/C12H14N2O5S/c15-7-9-3-4-11(12(6-9)14(16)17)13-10-2-1-5-20(18,19)8-10/h3-4,6-7,10,13H,1-2,5,8H2. The third-order valence-electron chi connectivity index (χ3n) is 3.18. The predicted octanol–water partition coefficient (Wildman–Crippen LogP) is 1.40. The molecule has 1 unspecified atom stereocenters. The first kappa shape index (κ1) is 14.4. The van der Waals surface area contributed by atoms with Crippen molar-refractivity contribution >= 4 is 27.5 Å². The molecule has 1 N–H and O–H groups in total. The SMILES string of the molecule is O=Cc1ccc(NC2CCCS(=O)(=O)C2)c([N+](=O)[O-])c1. The van der Waals surface area contributed by atoms with E-state index in [4.69, 9.17) is 0 Å². The van der Waals surface area contributed by atoms with E-state index in [-0.39, 0.29) is 34.5 Å². The minimum Gasteiger partial charge on any atom is -0.376 e. The number of nitro groups is 1. The van der Waals surface area contributed by atoms with Gasteiger partial charge in [0.25, 0.3) is 5.69 Å². The van der Waals surface area contributed by atoms with Crippen LogP contribution in [0, 0.1) is 10.1 Å². The lowest BCUT2D eigenvalue weighted by Crippen LogP contribution is -2.34. The summed E-state index contributed by atoms with van der Waals surface area (Å²) < 4.78 is 23.1. The van der Waals surface area contributed by atoms with Crippen molar-refractivity contribution in [1.82, 2.24) is 0 Å². The minimum atomic E-state index is -3.09. The van der Waals surface area contributed by atoms with Crippen molar-refractivity contribution in [3.8, 4) is 0 Å². The molecule has 7 nitrogen and oxygen atoms in total. The number of hydrogen-bond donors (Lipinski definition) is 1. The average molecular weight is 298 g/mol. The molecule has 8 heteroatoms. The van der Waals surface area contributed by atoms with Gasteiger partial charge in [-0.05, 0) is 25.0 Å². The van der Waals surface area contributed by atoms with Gasteiger partial charge in [0.05, 0.1) is 16.4 Å². The molecule has 0 aliphatic carbocycles. The number of rotatable bonds is 4. The lowest BCUT2D eigenvalue weighted by molar-refractivity contribution is -0.384. The molecule has 0 amide bonds. The topological polar surface area (TPSA) is 106 Å². The van der Waals surface area contributed by atoms with Crippen molar-refractivity contribution in [3.63, 3.8) is 0 Å². The molecule has 1 aromatic carbocycles. The van der Waals surface area contributed by atoms with Crippen LogP contribution in [0.2, 0.25) is 0 Å². The summed E-state index contributed by atoms with van der Waals surface area (Å²) in [5, 5.41) is 13.9. The molecule has 1 aliphatic heterocycles. The van der Waals surface area contributed by atoms with E-state index in [1.54, 1.807) is 0 Å². The van der Waals surface area contributed by atoms with Crippen LogP contribution in [0.4, 0.5) is 11.4 Å². The molecule has 0 bridgehead atoms. The molecular weight excluding hydrogens is 284 g/mol. The first-order valence-electron chi connectivity index (χ1n) is 6.12. The number of carbonyl (C=O) groups is 1. The van der Waals surface area contributed by atoms with Gasteiger partial charge in [-0.25, -0.2) is 8.42 Å². The molecular formula is C12H14N2O5S. The van der Waals surface area contributed by atoms with Crippen LogP contribution in [0.15, 0.2) is 18.2 Å². The molecule has 1 saturated heterocycles. The third kappa shape index (κ3) is 3.32. The molecule has 0 radical (unpaired) electrons. The highest BCUT2D eigenvalue weighted by atomic mass is 32.2. The maximum atomic E-state index is 11.6. The maximum Gasteiger partial charge on any atom is 0.293 e. The second-order valence-corrected chi connectivity index (χ2v) is 6.98. The summed E-state index contributed by atoms with van der Waals surface area (Å²) >= 11 is 0. The number of carbonyl (C=O) groups excluding carboxylic acids is 1. The number of aldehydes is 1. The van der Waals surface area contributed by atoms with E-state index >= 15 is 0 Å². The Balaban J connectivity index is 2.24. The summed E-state index contributed by atoms with van der Waals surface area (Å²) in [5.74, 6) is 0.136. The van der Waals surface area contributed by atoms with Crippen LogP contribution in [0.1, 0.15) is 23.2 Å². The lowest BCUT2D eigenvalue weighted by atomic mass is 10.1. The molecule has 20 heavy (non-hydrogen) atoms.